The van der Waals surface area contributed by atoms with Crippen molar-refractivity contribution in [1.29, 1.82) is 0 Å². The first-order valence-corrected chi connectivity index (χ1v) is 7.88. The lowest BCUT2D eigenvalue weighted by atomic mass is 10.1. The van der Waals surface area contributed by atoms with E-state index >= 15 is 0 Å². The van der Waals surface area contributed by atoms with E-state index in [2.05, 4.69) is 4.98 Å². The van der Waals surface area contributed by atoms with Crippen molar-refractivity contribution in [2.45, 2.75) is 26.4 Å². The molecule has 1 aromatic rings. The highest BCUT2D eigenvalue weighted by molar-refractivity contribution is 6.33. The van der Waals surface area contributed by atoms with Gasteiger partial charge in [0.1, 0.15) is 5.82 Å². The molecule has 0 spiro atoms. The van der Waals surface area contributed by atoms with E-state index in [-0.39, 0.29) is 16.8 Å². The average molecular weight is 350 g/mol. The molecule has 4 nitrogen and oxygen atoms in total. The molecule has 0 N–H and O–H groups in total. The summed E-state index contributed by atoms with van der Waals surface area (Å²) >= 11 is 5.96. The van der Waals surface area contributed by atoms with Crippen LogP contribution in [0.3, 0.4) is 0 Å². The summed E-state index contributed by atoms with van der Waals surface area (Å²) in [6, 6.07) is 0.889. The third-order valence-corrected chi connectivity index (χ3v) is 4.35. The number of rotatable bonds is 3. The summed E-state index contributed by atoms with van der Waals surface area (Å²) in [5, 5.41) is -0.0264. The van der Waals surface area contributed by atoms with Crippen molar-refractivity contribution in [3.8, 4) is 0 Å². The van der Waals surface area contributed by atoms with Crippen LogP contribution in [0.15, 0.2) is 12.3 Å². The normalized spacial score (nSPS) is 17.3. The van der Waals surface area contributed by atoms with Gasteiger partial charge in [0, 0.05) is 38.3 Å². The number of pyridine rings is 1. The van der Waals surface area contributed by atoms with Gasteiger partial charge >= 0.3 is 6.18 Å². The molecule has 0 radical (unpaired) electrons. The van der Waals surface area contributed by atoms with Gasteiger partial charge in [-0.2, -0.15) is 13.2 Å². The molecule has 23 heavy (non-hydrogen) atoms. The molecule has 0 aliphatic carbocycles. The number of anilines is 1. The van der Waals surface area contributed by atoms with E-state index in [1.165, 1.54) is 0 Å². The van der Waals surface area contributed by atoms with Crippen LogP contribution in [-0.4, -0.2) is 42.0 Å². The van der Waals surface area contributed by atoms with Gasteiger partial charge in [0.25, 0.3) is 0 Å². The predicted molar refractivity (Wildman–Crippen MR) is 82.5 cm³/mol. The zero-order chi connectivity index (χ0) is 17.2. The molecule has 8 heteroatoms. The summed E-state index contributed by atoms with van der Waals surface area (Å²) in [6.45, 7) is 5.89. The second-order valence-corrected chi connectivity index (χ2v) is 6.06. The standard InChI is InChI=1S/C15H19ClF3N3O/c1-3-10(2)14(23)22-6-4-21(5-7-22)13-12(16)8-11(9-20-13)15(17,18)19/h8-10H,3-7H2,1-2H3. The molecule has 0 aromatic carbocycles. The van der Waals surface area contributed by atoms with Crippen LogP contribution >= 0.6 is 11.6 Å². The molecular weight excluding hydrogens is 331 g/mol. The van der Waals surface area contributed by atoms with Crippen LogP contribution in [0.2, 0.25) is 5.02 Å². The van der Waals surface area contributed by atoms with Crippen molar-refractivity contribution in [2.24, 2.45) is 5.92 Å². The minimum atomic E-state index is -4.46. The third kappa shape index (κ3) is 4.07. The minimum Gasteiger partial charge on any atom is -0.352 e. The maximum atomic E-state index is 12.6. The Morgan fingerprint density at radius 3 is 2.43 bits per heavy atom. The first kappa shape index (κ1) is 17.8. The van der Waals surface area contributed by atoms with Gasteiger partial charge in [-0.05, 0) is 12.5 Å². The molecule has 0 bridgehead atoms. The number of nitrogens with zero attached hydrogens (tertiary/aromatic N) is 3. The van der Waals surface area contributed by atoms with Crippen LogP contribution in [0.1, 0.15) is 25.8 Å². The highest BCUT2D eigenvalue weighted by Crippen LogP contribution is 2.33. The van der Waals surface area contributed by atoms with Gasteiger partial charge in [0.05, 0.1) is 10.6 Å². The quantitative estimate of drug-likeness (QED) is 0.838. The van der Waals surface area contributed by atoms with Gasteiger partial charge in [0.2, 0.25) is 5.91 Å². The van der Waals surface area contributed by atoms with Crippen molar-refractivity contribution in [3.63, 3.8) is 0 Å². The Morgan fingerprint density at radius 1 is 1.35 bits per heavy atom. The summed E-state index contributed by atoms with van der Waals surface area (Å²) in [7, 11) is 0. The number of carbonyl (C=O) groups excluding carboxylic acids is 1. The van der Waals surface area contributed by atoms with Crippen LogP contribution in [0, 0.1) is 5.92 Å². The second kappa shape index (κ2) is 6.95. The van der Waals surface area contributed by atoms with Crippen LogP contribution in [-0.2, 0) is 11.0 Å². The van der Waals surface area contributed by atoms with Gasteiger partial charge in [-0.25, -0.2) is 4.98 Å². The van der Waals surface area contributed by atoms with Crippen molar-refractivity contribution in [3.05, 3.63) is 22.8 Å². The van der Waals surface area contributed by atoms with E-state index in [1.807, 2.05) is 18.7 Å². The Hall–Kier alpha value is -1.50. The maximum Gasteiger partial charge on any atom is 0.417 e. The molecule has 1 saturated heterocycles. The van der Waals surface area contributed by atoms with Gasteiger partial charge in [0.15, 0.2) is 0 Å². The predicted octanol–water partition coefficient (Wildman–Crippen LogP) is 3.45. The Labute approximate surface area is 138 Å². The number of piperazine rings is 1. The fraction of sp³-hybridized carbons (Fsp3) is 0.600. The monoisotopic (exact) mass is 349 g/mol. The molecule has 1 aromatic heterocycles. The molecule has 1 aliphatic rings. The summed E-state index contributed by atoms with van der Waals surface area (Å²) in [6.07, 6.45) is -2.89. The molecule has 1 unspecified atom stereocenters. The van der Waals surface area contributed by atoms with Crippen molar-refractivity contribution < 1.29 is 18.0 Å². The SMILES string of the molecule is CCC(C)C(=O)N1CCN(c2ncc(C(F)(F)F)cc2Cl)CC1. The smallest absolute Gasteiger partial charge is 0.352 e. The minimum absolute atomic E-state index is 0.0191. The van der Waals surface area contributed by atoms with E-state index in [0.29, 0.717) is 32.0 Å². The van der Waals surface area contributed by atoms with Crippen molar-refractivity contribution >= 4 is 23.3 Å². The number of aromatic nitrogens is 1. The van der Waals surface area contributed by atoms with E-state index in [0.717, 1.165) is 18.7 Å². The number of amides is 1. The van der Waals surface area contributed by atoms with Crippen LogP contribution < -0.4 is 4.90 Å². The Kier molecular flexibility index (Phi) is 5.39. The molecule has 2 heterocycles. The highest BCUT2D eigenvalue weighted by Gasteiger charge is 2.32. The molecular formula is C15H19ClF3N3O. The van der Waals surface area contributed by atoms with Crippen LogP contribution in [0.25, 0.3) is 0 Å². The number of halogens is 4. The zero-order valence-electron chi connectivity index (χ0n) is 13.0. The van der Waals surface area contributed by atoms with Crippen LogP contribution in [0.4, 0.5) is 19.0 Å². The average Bonchev–Trinajstić information content (AvgIpc) is 2.52. The fourth-order valence-electron chi connectivity index (χ4n) is 2.44. The number of alkyl halides is 3. The van der Waals surface area contributed by atoms with E-state index in [9.17, 15) is 18.0 Å². The lowest BCUT2D eigenvalue weighted by Gasteiger charge is -2.36. The largest absolute Gasteiger partial charge is 0.417 e. The highest BCUT2D eigenvalue weighted by atomic mass is 35.5. The summed E-state index contributed by atoms with van der Waals surface area (Å²) < 4.78 is 37.9. The van der Waals surface area contributed by atoms with Gasteiger partial charge in [-0.3, -0.25) is 4.79 Å². The summed E-state index contributed by atoms with van der Waals surface area (Å²) in [5.41, 5.74) is -0.864. The Bertz CT molecular complexity index is 572. The zero-order valence-corrected chi connectivity index (χ0v) is 13.8. The van der Waals surface area contributed by atoms with Crippen LogP contribution in [0.5, 0.6) is 0 Å². The lowest BCUT2D eigenvalue weighted by molar-refractivity contribution is -0.138. The molecule has 0 saturated carbocycles. The lowest BCUT2D eigenvalue weighted by Crippen LogP contribution is -2.50. The molecule has 1 aliphatic heterocycles. The topological polar surface area (TPSA) is 36.4 Å². The first-order valence-electron chi connectivity index (χ1n) is 7.50. The number of hydrogen-bond acceptors (Lipinski definition) is 3. The van der Waals surface area contributed by atoms with Crippen molar-refractivity contribution in [2.75, 3.05) is 31.1 Å². The molecule has 1 amide bonds. The first-order chi connectivity index (χ1) is 10.7. The van der Waals surface area contributed by atoms with E-state index in [4.69, 9.17) is 11.6 Å². The molecule has 1 atom stereocenters. The Balaban J connectivity index is 2.05. The summed E-state index contributed by atoms with van der Waals surface area (Å²) in [4.78, 5) is 19.6. The summed E-state index contributed by atoms with van der Waals surface area (Å²) in [5.74, 6) is 0.420. The van der Waals surface area contributed by atoms with Gasteiger partial charge in [-0.15, -0.1) is 0 Å². The molecule has 1 fully saturated rings. The van der Waals surface area contributed by atoms with E-state index in [1.54, 1.807) is 4.90 Å². The van der Waals surface area contributed by atoms with Gasteiger partial charge < -0.3 is 9.80 Å². The molecule has 128 valence electrons. The Morgan fingerprint density at radius 2 is 1.96 bits per heavy atom. The number of hydrogen-bond donors (Lipinski definition) is 0. The van der Waals surface area contributed by atoms with E-state index < -0.39 is 11.7 Å². The van der Waals surface area contributed by atoms with Gasteiger partial charge in [-0.1, -0.05) is 25.4 Å². The fourth-order valence-corrected chi connectivity index (χ4v) is 2.73. The maximum absolute atomic E-state index is 12.6. The molecule has 2 rings (SSSR count). The number of carbonyl (C=O) groups is 1. The second-order valence-electron chi connectivity index (χ2n) is 5.65. The van der Waals surface area contributed by atoms with Crippen molar-refractivity contribution in [1.82, 2.24) is 9.88 Å². The third-order valence-electron chi connectivity index (χ3n) is 4.07.